The second kappa shape index (κ2) is 6.45. The van der Waals surface area contributed by atoms with Crippen LogP contribution in [0.4, 0.5) is 0 Å². The molecular weight excluding hydrogens is 340 g/mol. The fraction of sp³-hybridized carbons (Fsp3) is 0.111. The van der Waals surface area contributed by atoms with E-state index in [0.29, 0.717) is 11.3 Å². The first kappa shape index (κ1) is 15.5. The number of hydrogen-bond acceptors (Lipinski definition) is 6. The summed E-state index contributed by atoms with van der Waals surface area (Å²) in [7, 11) is 0. The quantitative estimate of drug-likeness (QED) is 0.760. The molecule has 7 heteroatoms. The molecule has 0 atom stereocenters. The number of aromatic nitrogens is 1. The number of benzene rings is 2. The summed E-state index contributed by atoms with van der Waals surface area (Å²) >= 11 is 1.51. The lowest BCUT2D eigenvalue weighted by Crippen LogP contribution is -2.12. The topological polar surface area (TPSA) is 83.7 Å². The highest BCUT2D eigenvalue weighted by atomic mass is 32.1. The average molecular weight is 354 g/mol. The van der Waals surface area contributed by atoms with Crippen molar-refractivity contribution < 1.29 is 19.0 Å². The lowest BCUT2D eigenvalue weighted by molar-refractivity contribution is 0.0996. The number of primary amides is 1. The van der Waals surface area contributed by atoms with Gasteiger partial charge in [0.15, 0.2) is 11.5 Å². The normalized spacial score (nSPS) is 12.2. The largest absolute Gasteiger partial charge is 0.486 e. The summed E-state index contributed by atoms with van der Waals surface area (Å²) in [6.07, 6.45) is 0. The lowest BCUT2D eigenvalue weighted by Gasteiger charge is -2.07. The van der Waals surface area contributed by atoms with Gasteiger partial charge in [-0.2, -0.15) is 0 Å². The van der Waals surface area contributed by atoms with Gasteiger partial charge in [0, 0.05) is 10.9 Å². The summed E-state index contributed by atoms with van der Waals surface area (Å²) < 4.78 is 16.4. The van der Waals surface area contributed by atoms with Crippen LogP contribution in [0.5, 0.6) is 17.2 Å². The molecule has 1 amide bonds. The molecule has 3 aromatic rings. The van der Waals surface area contributed by atoms with Crippen molar-refractivity contribution in [2.45, 2.75) is 6.61 Å². The zero-order chi connectivity index (χ0) is 17.2. The van der Waals surface area contributed by atoms with Gasteiger partial charge in [-0.25, -0.2) is 4.98 Å². The number of carbonyl (C=O) groups excluding carboxylic acids is 1. The van der Waals surface area contributed by atoms with Crippen LogP contribution in [0.3, 0.4) is 0 Å². The minimum atomic E-state index is -0.519. The van der Waals surface area contributed by atoms with Crippen LogP contribution in [0.1, 0.15) is 16.1 Å². The van der Waals surface area contributed by atoms with E-state index in [1.165, 1.54) is 11.3 Å². The van der Waals surface area contributed by atoms with E-state index in [4.69, 9.17) is 19.9 Å². The van der Waals surface area contributed by atoms with Crippen LogP contribution in [0, 0.1) is 0 Å². The number of ether oxygens (including phenoxy) is 3. The molecule has 126 valence electrons. The van der Waals surface area contributed by atoms with E-state index in [1.807, 2.05) is 23.6 Å². The minimum absolute atomic E-state index is 0.245. The fourth-order valence-corrected chi connectivity index (χ4v) is 3.28. The molecule has 2 aromatic carbocycles. The smallest absolute Gasteiger partial charge is 0.252 e. The van der Waals surface area contributed by atoms with Crippen molar-refractivity contribution in [3.63, 3.8) is 0 Å². The summed E-state index contributed by atoms with van der Waals surface area (Å²) in [5.41, 5.74) is 7.44. The second-order valence-corrected chi connectivity index (χ2v) is 6.22. The van der Waals surface area contributed by atoms with Crippen molar-refractivity contribution in [2.75, 3.05) is 6.79 Å². The highest BCUT2D eigenvalue weighted by Gasteiger charge is 2.15. The van der Waals surface area contributed by atoms with Gasteiger partial charge in [0.1, 0.15) is 17.4 Å². The van der Waals surface area contributed by atoms with Crippen LogP contribution in [-0.2, 0) is 6.61 Å². The molecule has 0 saturated heterocycles. The number of rotatable bonds is 5. The first-order valence-corrected chi connectivity index (χ1v) is 8.45. The van der Waals surface area contributed by atoms with Crippen LogP contribution in [0.2, 0.25) is 0 Å². The summed E-state index contributed by atoms with van der Waals surface area (Å²) in [4.78, 5) is 16.0. The van der Waals surface area contributed by atoms with Crippen LogP contribution < -0.4 is 19.9 Å². The van der Waals surface area contributed by atoms with Gasteiger partial charge >= 0.3 is 0 Å². The number of para-hydroxylation sites is 1. The molecule has 4 rings (SSSR count). The van der Waals surface area contributed by atoms with Crippen LogP contribution in [0.25, 0.3) is 10.6 Å². The number of hydrogen-bond donors (Lipinski definition) is 1. The number of amides is 1. The highest BCUT2D eigenvalue weighted by Crippen LogP contribution is 2.36. The van der Waals surface area contributed by atoms with E-state index in [0.717, 1.165) is 27.8 Å². The predicted molar refractivity (Wildman–Crippen MR) is 93.0 cm³/mol. The van der Waals surface area contributed by atoms with Gasteiger partial charge in [-0.3, -0.25) is 4.79 Å². The predicted octanol–water partition coefficient (Wildman–Crippen LogP) is 3.22. The number of thiazole rings is 1. The first-order valence-electron chi connectivity index (χ1n) is 7.57. The van der Waals surface area contributed by atoms with Crippen molar-refractivity contribution >= 4 is 17.2 Å². The first-order chi connectivity index (χ1) is 12.2. The maximum Gasteiger partial charge on any atom is 0.252 e. The van der Waals surface area contributed by atoms with Crippen molar-refractivity contribution in [3.8, 4) is 27.8 Å². The van der Waals surface area contributed by atoms with Crippen molar-refractivity contribution in [2.24, 2.45) is 5.73 Å². The van der Waals surface area contributed by atoms with Crippen molar-refractivity contribution in [1.82, 2.24) is 4.98 Å². The Kier molecular flexibility index (Phi) is 3.99. The number of carbonyl (C=O) groups is 1. The van der Waals surface area contributed by atoms with Gasteiger partial charge in [-0.05, 0) is 30.3 Å². The molecule has 6 nitrogen and oxygen atoms in total. The van der Waals surface area contributed by atoms with Gasteiger partial charge in [-0.1, -0.05) is 12.1 Å². The van der Waals surface area contributed by atoms with Crippen LogP contribution in [-0.4, -0.2) is 17.7 Å². The van der Waals surface area contributed by atoms with Gasteiger partial charge < -0.3 is 19.9 Å². The molecule has 0 saturated carbocycles. The van der Waals surface area contributed by atoms with Crippen molar-refractivity contribution in [1.29, 1.82) is 0 Å². The Morgan fingerprint density at radius 2 is 2.04 bits per heavy atom. The van der Waals surface area contributed by atoms with Gasteiger partial charge in [0.25, 0.3) is 5.91 Å². The Hall–Kier alpha value is -3.06. The molecule has 0 aliphatic carbocycles. The van der Waals surface area contributed by atoms with Gasteiger partial charge in [0.05, 0.1) is 11.3 Å². The zero-order valence-electron chi connectivity index (χ0n) is 13.1. The Balaban J connectivity index is 1.50. The molecule has 1 aromatic heterocycles. The summed E-state index contributed by atoms with van der Waals surface area (Å²) in [6.45, 7) is 0.500. The monoisotopic (exact) mass is 354 g/mol. The molecule has 2 N–H and O–H groups in total. The van der Waals surface area contributed by atoms with E-state index in [2.05, 4.69) is 4.98 Å². The zero-order valence-corrected chi connectivity index (χ0v) is 13.9. The third-order valence-corrected chi connectivity index (χ3v) is 4.64. The SMILES string of the molecule is NC(=O)c1ccccc1OCc1csc(-c2ccc3c(c2)OCO3)n1. The van der Waals surface area contributed by atoms with Crippen LogP contribution >= 0.6 is 11.3 Å². The van der Waals surface area contributed by atoms with E-state index < -0.39 is 5.91 Å². The highest BCUT2D eigenvalue weighted by molar-refractivity contribution is 7.13. The molecule has 2 heterocycles. The summed E-state index contributed by atoms with van der Waals surface area (Å²) in [5.74, 6) is 1.40. The molecular formula is C18H14N2O4S. The molecule has 0 fully saturated rings. The van der Waals surface area contributed by atoms with E-state index in [1.54, 1.807) is 24.3 Å². The molecule has 0 spiro atoms. The molecule has 0 bridgehead atoms. The number of nitrogens with two attached hydrogens (primary N) is 1. The van der Waals surface area contributed by atoms with Gasteiger partial charge in [0.2, 0.25) is 6.79 Å². The maximum atomic E-state index is 11.4. The Morgan fingerprint density at radius 1 is 1.20 bits per heavy atom. The fourth-order valence-electron chi connectivity index (χ4n) is 2.48. The number of fused-ring (bicyclic) bond motifs is 1. The standard InChI is InChI=1S/C18H14N2O4S/c19-17(21)13-3-1-2-4-14(13)22-8-12-9-25-18(20-12)11-5-6-15-16(7-11)24-10-23-15/h1-7,9H,8,10H2,(H2,19,21). The third-order valence-electron chi connectivity index (χ3n) is 3.70. The minimum Gasteiger partial charge on any atom is -0.486 e. The number of nitrogens with zero attached hydrogens (tertiary/aromatic N) is 1. The molecule has 1 aliphatic rings. The van der Waals surface area contributed by atoms with Crippen LogP contribution in [0.15, 0.2) is 47.8 Å². The maximum absolute atomic E-state index is 11.4. The summed E-state index contributed by atoms with van der Waals surface area (Å²) in [5, 5.41) is 2.78. The van der Waals surface area contributed by atoms with Crippen molar-refractivity contribution in [3.05, 3.63) is 59.1 Å². The third kappa shape index (κ3) is 3.14. The Morgan fingerprint density at radius 3 is 2.92 bits per heavy atom. The Bertz CT molecular complexity index is 938. The Labute approximate surface area is 147 Å². The van der Waals surface area contributed by atoms with E-state index in [9.17, 15) is 4.79 Å². The molecule has 0 radical (unpaired) electrons. The van der Waals surface area contributed by atoms with E-state index >= 15 is 0 Å². The summed E-state index contributed by atoms with van der Waals surface area (Å²) in [6, 6.07) is 12.6. The van der Waals surface area contributed by atoms with E-state index in [-0.39, 0.29) is 13.4 Å². The van der Waals surface area contributed by atoms with Gasteiger partial charge in [-0.15, -0.1) is 11.3 Å². The average Bonchev–Trinajstić information content (AvgIpc) is 3.28. The lowest BCUT2D eigenvalue weighted by atomic mass is 10.2. The molecule has 25 heavy (non-hydrogen) atoms. The second-order valence-electron chi connectivity index (χ2n) is 5.36. The molecule has 0 unspecified atom stereocenters. The molecule has 1 aliphatic heterocycles.